The second-order valence-electron chi connectivity index (χ2n) is 7.56. The fourth-order valence-electron chi connectivity index (χ4n) is 4.09. The summed E-state index contributed by atoms with van der Waals surface area (Å²) in [5, 5.41) is 7.83. The molecule has 1 heterocycles. The third-order valence-corrected chi connectivity index (χ3v) is 5.86. The zero-order chi connectivity index (χ0) is 20.1. The van der Waals surface area contributed by atoms with Crippen LogP contribution in [-0.4, -0.2) is 36.9 Å². The van der Waals surface area contributed by atoms with E-state index in [-0.39, 0.29) is 0 Å². The Morgan fingerprint density at radius 3 is 1.86 bits per heavy atom. The lowest BCUT2D eigenvalue weighted by molar-refractivity contribution is -0.929. The molecule has 29 heavy (non-hydrogen) atoms. The number of nitrogens with zero attached hydrogens (tertiary/aromatic N) is 2. The predicted octanol–water partition coefficient (Wildman–Crippen LogP) is 4.05. The molecule has 0 saturated carbocycles. The maximum absolute atomic E-state index is 6.00. The molecule has 3 aromatic carbocycles. The molecule has 3 aromatic rings. The lowest BCUT2D eigenvalue weighted by atomic mass is 9.96. The summed E-state index contributed by atoms with van der Waals surface area (Å²) in [7, 11) is 0. The van der Waals surface area contributed by atoms with Crippen LogP contribution in [0.5, 0.6) is 0 Å². The molecule has 0 atom stereocenters. The van der Waals surface area contributed by atoms with Crippen LogP contribution < -0.4 is 4.90 Å². The Bertz CT molecular complexity index is 891. The highest BCUT2D eigenvalue weighted by Crippen LogP contribution is 2.19. The topological polar surface area (TPSA) is 20.0 Å². The van der Waals surface area contributed by atoms with E-state index >= 15 is 0 Å². The second kappa shape index (κ2) is 9.25. The largest absolute Gasteiger partial charge is 0.322 e. The molecule has 0 bridgehead atoms. The highest BCUT2D eigenvalue weighted by molar-refractivity contribution is 6.30. The lowest BCUT2D eigenvalue weighted by Crippen LogP contribution is -3.15. The molecule has 0 amide bonds. The van der Waals surface area contributed by atoms with Crippen LogP contribution in [0.15, 0.2) is 90.0 Å². The number of hydrazone groups is 1. The number of hydrogen-bond acceptors (Lipinski definition) is 2. The highest BCUT2D eigenvalue weighted by Gasteiger charge is 2.29. The Hall–Kier alpha value is -2.62. The fraction of sp³-hybridized carbons (Fsp3) is 0.240. The molecule has 3 nitrogen and oxygen atoms in total. The van der Waals surface area contributed by atoms with Gasteiger partial charge in [-0.2, -0.15) is 5.10 Å². The van der Waals surface area contributed by atoms with Crippen molar-refractivity contribution >= 4 is 17.3 Å². The van der Waals surface area contributed by atoms with Gasteiger partial charge in [-0.3, -0.25) is 5.01 Å². The Morgan fingerprint density at radius 1 is 0.828 bits per heavy atom. The minimum absolute atomic E-state index is 0.362. The van der Waals surface area contributed by atoms with Crippen molar-refractivity contribution in [3.8, 4) is 0 Å². The van der Waals surface area contributed by atoms with Crippen LogP contribution in [0.4, 0.5) is 0 Å². The molecular formula is C25H27ClN3+. The van der Waals surface area contributed by atoms with Crippen molar-refractivity contribution < 1.29 is 4.90 Å². The van der Waals surface area contributed by atoms with Gasteiger partial charge in [-0.05, 0) is 24.6 Å². The highest BCUT2D eigenvalue weighted by atomic mass is 35.5. The van der Waals surface area contributed by atoms with Gasteiger partial charge in [0, 0.05) is 16.1 Å². The number of benzene rings is 3. The number of rotatable bonds is 5. The minimum atomic E-state index is 0.362. The normalized spacial score (nSPS) is 15.7. The summed E-state index contributed by atoms with van der Waals surface area (Å²) in [5.41, 5.74) is 4.91. The van der Waals surface area contributed by atoms with Gasteiger partial charge in [0.05, 0.1) is 31.9 Å². The van der Waals surface area contributed by atoms with Crippen molar-refractivity contribution in [2.45, 2.75) is 13.0 Å². The quantitative estimate of drug-likeness (QED) is 0.636. The second-order valence-corrected chi connectivity index (χ2v) is 8.00. The van der Waals surface area contributed by atoms with E-state index in [2.05, 4.69) is 72.6 Å². The molecule has 0 unspecified atom stereocenters. The van der Waals surface area contributed by atoms with E-state index in [1.807, 2.05) is 24.3 Å². The molecule has 148 valence electrons. The van der Waals surface area contributed by atoms with Gasteiger partial charge in [-0.15, -0.1) is 0 Å². The van der Waals surface area contributed by atoms with Crippen molar-refractivity contribution in [3.63, 3.8) is 0 Å². The molecule has 1 aliphatic heterocycles. The van der Waals surface area contributed by atoms with E-state index in [0.717, 1.165) is 42.5 Å². The van der Waals surface area contributed by atoms with Gasteiger partial charge in [0.2, 0.25) is 0 Å². The Balaban J connectivity index is 1.48. The third kappa shape index (κ3) is 4.87. The van der Waals surface area contributed by atoms with Gasteiger partial charge in [0.15, 0.2) is 0 Å². The van der Waals surface area contributed by atoms with Crippen LogP contribution in [0.1, 0.15) is 29.7 Å². The van der Waals surface area contributed by atoms with Crippen LogP contribution >= 0.6 is 11.6 Å². The summed E-state index contributed by atoms with van der Waals surface area (Å²) in [6.07, 6.45) is 0. The number of hydrogen-bond donors (Lipinski definition) is 1. The molecule has 0 radical (unpaired) electrons. The first-order valence-electron chi connectivity index (χ1n) is 10.2. The van der Waals surface area contributed by atoms with Gasteiger partial charge in [-0.1, -0.05) is 84.4 Å². The van der Waals surface area contributed by atoms with Crippen LogP contribution in [0.25, 0.3) is 0 Å². The zero-order valence-electron chi connectivity index (χ0n) is 16.8. The SMILES string of the molecule is C/C(=N\N1CC[NH+](C(c2ccccc2)c2ccccc2)CC1)c1ccc(Cl)cc1. The van der Waals surface area contributed by atoms with E-state index in [9.17, 15) is 0 Å². The minimum Gasteiger partial charge on any atom is -0.322 e. The monoisotopic (exact) mass is 404 g/mol. The standard InChI is InChI=1S/C25H26ClN3/c1-20(21-12-14-24(26)15-13-21)27-29-18-16-28(17-19-29)25(22-8-4-2-5-9-22)23-10-6-3-7-11-23/h2-15,25H,16-19H2,1H3/p+1/b27-20+. The first-order chi connectivity index (χ1) is 14.2. The van der Waals surface area contributed by atoms with E-state index in [4.69, 9.17) is 16.7 Å². The van der Waals surface area contributed by atoms with Gasteiger partial charge in [0.1, 0.15) is 6.04 Å². The third-order valence-electron chi connectivity index (χ3n) is 5.61. The Morgan fingerprint density at radius 2 is 1.34 bits per heavy atom. The van der Waals surface area contributed by atoms with Crippen LogP contribution in [-0.2, 0) is 0 Å². The lowest BCUT2D eigenvalue weighted by Gasteiger charge is -2.36. The molecule has 0 aromatic heterocycles. The molecule has 1 saturated heterocycles. The van der Waals surface area contributed by atoms with Gasteiger partial charge < -0.3 is 4.90 Å². The van der Waals surface area contributed by atoms with Crippen LogP contribution in [0.3, 0.4) is 0 Å². The molecular weight excluding hydrogens is 378 g/mol. The van der Waals surface area contributed by atoms with E-state index in [1.165, 1.54) is 11.1 Å². The fourth-order valence-corrected chi connectivity index (χ4v) is 4.21. The number of nitrogens with one attached hydrogen (secondary N) is 1. The summed E-state index contributed by atoms with van der Waals surface area (Å²) in [4.78, 5) is 1.60. The maximum atomic E-state index is 6.00. The molecule has 0 aliphatic carbocycles. The summed E-state index contributed by atoms with van der Waals surface area (Å²) < 4.78 is 0. The predicted molar refractivity (Wildman–Crippen MR) is 121 cm³/mol. The van der Waals surface area contributed by atoms with Crippen molar-refractivity contribution in [3.05, 3.63) is 107 Å². The first-order valence-corrected chi connectivity index (χ1v) is 10.6. The van der Waals surface area contributed by atoms with Crippen LogP contribution in [0.2, 0.25) is 5.02 Å². The van der Waals surface area contributed by atoms with Crippen molar-refractivity contribution in [1.82, 2.24) is 5.01 Å². The molecule has 0 spiro atoms. The number of piperazine rings is 1. The summed E-state index contributed by atoms with van der Waals surface area (Å²) >= 11 is 6.00. The average Bonchev–Trinajstić information content (AvgIpc) is 2.77. The summed E-state index contributed by atoms with van der Waals surface area (Å²) in [5.74, 6) is 0. The van der Waals surface area contributed by atoms with Crippen molar-refractivity contribution in [2.75, 3.05) is 26.2 Å². The molecule has 1 N–H and O–H groups in total. The van der Waals surface area contributed by atoms with Gasteiger partial charge >= 0.3 is 0 Å². The van der Waals surface area contributed by atoms with Gasteiger partial charge in [0.25, 0.3) is 0 Å². The molecule has 4 rings (SSSR count). The maximum Gasteiger partial charge on any atom is 0.139 e. The average molecular weight is 405 g/mol. The Kier molecular flexibility index (Phi) is 6.28. The van der Waals surface area contributed by atoms with Crippen molar-refractivity contribution in [2.24, 2.45) is 5.10 Å². The first kappa shape index (κ1) is 19.7. The Labute approximate surface area is 178 Å². The van der Waals surface area contributed by atoms with Gasteiger partial charge in [-0.25, -0.2) is 0 Å². The molecule has 1 fully saturated rings. The summed E-state index contributed by atoms with van der Waals surface area (Å²) in [6, 6.07) is 30.0. The van der Waals surface area contributed by atoms with Crippen molar-refractivity contribution in [1.29, 1.82) is 0 Å². The zero-order valence-corrected chi connectivity index (χ0v) is 17.5. The number of halogens is 1. The smallest absolute Gasteiger partial charge is 0.139 e. The van der Waals surface area contributed by atoms with E-state index < -0.39 is 0 Å². The van der Waals surface area contributed by atoms with Crippen LogP contribution in [0, 0.1) is 0 Å². The van der Waals surface area contributed by atoms with E-state index in [0.29, 0.717) is 6.04 Å². The molecule has 1 aliphatic rings. The van der Waals surface area contributed by atoms with E-state index in [1.54, 1.807) is 4.90 Å². The molecule has 4 heteroatoms. The summed E-state index contributed by atoms with van der Waals surface area (Å²) in [6.45, 7) is 6.10. The number of quaternary nitrogens is 1.